The smallest absolute Gasteiger partial charge is 0.155 e. The molecule has 94 valence electrons. The first-order chi connectivity index (χ1) is 8.70. The minimum atomic E-state index is 0.267. The standard InChI is InChI=1S/C12H15N5O/c1-9(2)16-11-6-12(17-5-3-4-14-17)13-7-10(11)8-15-18/h3-9,18H,1-2H3,(H,13,16)/b15-8+. The van der Waals surface area contributed by atoms with Crippen molar-refractivity contribution in [2.24, 2.45) is 5.16 Å². The summed E-state index contributed by atoms with van der Waals surface area (Å²) in [7, 11) is 0. The molecule has 0 bridgehead atoms. The lowest BCUT2D eigenvalue weighted by Crippen LogP contribution is -2.12. The van der Waals surface area contributed by atoms with Gasteiger partial charge in [-0.15, -0.1) is 0 Å². The van der Waals surface area contributed by atoms with Gasteiger partial charge in [-0.05, 0) is 19.9 Å². The summed E-state index contributed by atoms with van der Waals surface area (Å²) in [5.41, 5.74) is 1.57. The molecule has 0 unspecified atom stereocenters. The predicted molar refractivity (Wildman–Crippen MR) is 69.5 cm³/mol. The molecular weight excluding hydrogens is 230 g/mol. The van der Waals surface area contributed by atoms with Gasteiger partial charge >= 0.3 is 0 Å². The Balaban J connectivity index is 2.41. The Hall–Kier alpha value is -2.37. The second-order valence-corrected chi connectivity index (χ2v) is 4.12. The number of hydrogen-bond acceptors (Lipinski definition) is 5. The topological polar surface area (TPSA) is 75.3 Å². The van der Waals surface area contributed by atoms with Crippen LogP contribution >= 0.6 is 0 Å². The van der Waals surface area contributed by atoms with Crippen LogP contribution in [0.3, 0.4) is 0 Å². The quantitative estimate of drug-likeness (QED) is 0.490. The van der Waals surface area contributed by atoms with Crippen LogP contribution in [0.25, 0.3) is 5.82 Å². The number of nitrogens with zero attached hydrogens (tertiary/aromatic N) is 4. The van der Waals surface area contributed by atoms with Crippen LogP contribution in [0, 0.1) is 0 Å². The summed E-state index contributed by atoms with van der Waals surface area (Å²) in [4.78, 5) is 4.27. The van der Waals surface area contributed by atoms with E-state index in [1.807, 2.05) is 32.2 Å². The highest BCUT2D eigenvalue weighted by atomic mass is 16.4. The van der Waals surface area contributed by atoms with Gasteiger partial charge in [0.25, 0.3) is 0 Å². The molecule has 0 fully saturated rings. The van der Waals surface area contributed by atoms with E-state index >= 15 is 0 Å². The molecule has 0 spiro atoms. The lowest BCUT2D eigenvalue weighted by atomic mass is 10.2. The molecule has 18 heavy (non-hydrogen) atoms. The summed E-state index contributed by atoms with van der Waals surface area (Å²) in [5.74, 6) is 0.707. The third kappa shape index (κ3) is 2.65. The molecule has 0 aromatic carbocycles. The molecule has 0 amide bonds. The number of pyridine rings is 1. The summed E-state index contributed by atoms with van der Waals surface area (Å²) in [5, 5.41) is 19.1. The van der Waals surface area contributed by atoms with Gasteiger partial charge in [-0.1, -0.05) is 5.16 Å². The Labute approximate surface area is 105 Å². The first-order valence-electron chi connectivity index (χ1n) is 5.64. The number of hydrogen-bond donors (Lipinski definition) is 2. The SMILES string of the molecule is CC(C)Nc1cc(-n2cccn2)ncc1/C=N/O. The fraction of sp³-hybridized carbons (Fsp3) is 0.250. The van der Waals surface area contributed by atoms with Gasteiger partial charge in [0.15, 0.2) is 5.82 Å². The molecule has 6 nitrogen and oxygen atoms in total. The number of rotatable bonds is 4. The van der Waals surface area contributed by atoms with Crippen molar-refractivity contribution in [2.75, 3.05) is 5.32 Å². The van der Waals surface area contributed by atoms with E-state index in [4.69, 9.17) is 5.21 Å². The van der Waals surface area contributed by atoms with Crippen LogP contribution in [-0.4, -0.2) is 32.2 Å². The maximum absolute atomic E-state index is 8.63. The Morgan fingerprint density at radius 3 is 2.94 bits per heavy atom. The van der Waals surface area contributed by atoms with Crippen LogP contribution in [0.4, 0.5) is 5.69 Å². The van der Waals surface area contributed by atoms with Gasteiger partial charge in [-0.25, -0.2) is 9.67 Å². The summed E-state index contributed by atoms with van der Waals surface area (Å²) >= 11 is 0. The second-order valence-electron chi connectivity index (χ2n) is 4.12. The highest BCUT2D eigenvalue weighted by Crippen LogP contribution is 2.17. The zero-order valence-electron chi connectivity index (χ0n) is 10.3. The number of oxime groups is 1. The maximum atomic E-state index is 8.63. The lowest BCUT2D eigenvalue weighted by molar-refractivity contribution is 0.322. The average molecular weight is 245 g/mol. The van der Waals surface area contributed by atoms with E-state index in [-0.39, 0.29) is 6.04 Å². The fourth-order valence-electron chi connectivity index (χ4n) is 1.59. The normalized spacial score (nSPS) is 11.3. The van der Waals surface area contributed by atoms with Crippen LogP contribution in [0.15, 0.2) is 35.9 Å². The molecule has 0 radical (unpaired) electrons. The van der Waals surface area contributed by atoms with E-state index in [1.54, 1.807) is 17.1 Å². The number of aromatic nitrogens is 3. The first kappa shape index (κ1) is 12.1. The van der Waals surface area contributed by atoms with E-state index in [0.29, 0.717) is 5.82 Å². The second kappa shape index (κ2) is 5.31. The van der Waals surface area contributed by atoms with Gasteiger partial charge in [-0.3, -0.25) is 0 Å². The molecule has 2 N–H and O–H groups in total. The summed E-state index contributed by atoms with van der Waals surface area (Å²) in [6, 6.07) is 3.97. The Morgan fingerprint density at radius 2 is 2.33 bits per heavy atom. The lowest BCUT2D eigenvalue weighted by Gasteiger charge is -2.13. The molecule has 0 saturated carbocycles. The van der Waals surface area contributed by atoms with Crippen molar-refractivity contribution in [3.8, 4) is 5.82 Å². The van der Waals surface area contributed by atoms with Crippen molar-refractivity contribution < 1.29 is 5.21 Å². The molecule has 2 aromatic heterocycles. The van der Waals surface area contributed by atoms with Crippen molar-refractivity contribution in [1.29, 1.82) is 0 Å². The zero-order valence-corrected chi connectivity index (χ0v) is 10.3. The van der Waals surface area contributed by atoms with Crippen molar-refractivity contribution in [1.82, 2.24) is 14.8 Å². The Bertz CT molecular complexity index is 533. The summed E-state index contributed by atoms with van der Waals surface area (Å²) in [6.45, 7) is 4.07. The summed E-state index contributed by atoms with van der Waals surface area (Å²) in [6.07, 6.45) is 6.51. The highest BCUT2D eigenvalue weighted by molar-refractivity contribution is 5.87. The third-order valence-electron chi connectivity index (χ3n) is 2.30. The minimum absolute atomic E-state index is 0.267. The van der Waals surface area contributed by atoms with E-state index < -0.39 is 0 Å². The van der Waals surface area contributed by atoms with Gasteiger partial charge in [-0.2, -0.15) is 5.10 Å². The zero-order chi connectivity index (χ0) is 13.0. The van der Waals surface area contributed by atoms with Crippen molar-refractivity contribution in [2.45, 2.75) is 19.9 Å². The van der Waals surface area contributed by atoms with Gasteiger partial charge in [0.1, 0.15) is 0 Å². The van der Waals surface area contributed by atoms with E-state index in [1.165, 1.54) is 6.21 Å². The Kier molecular flexibility index (Phi) is 3.57. The minimum Gasteiger partial charge on any atom is -0.411 e. The highest BCUT2D eigenvalue weighted by Gasteiger charge is 2.06. The number of anilines is 1. The van der Waals surface area contributed by atoms with E-state index in [2.05, 4.69) is 20.6 Å². The maximum Gasteiger partial charge on any atom is 0.155 e. The van der Waals surface area contributed by atoms with Gasteiger partial charge in [0.05, 0.1) is 6.21 Å². The van der Waals surface area contributed by atoms with Crippen LogP contribution in [0.1, 0.15) is 19.4 Å². The molecular formula is C12H15N5O. The van der Waals surface area contributed by atoms with Gasteiger partial charge in [0, 0.05) is 41.9 Å². The molecule has 2 heterocycles. The Morgan fingerprint density at radius 1 is 1.50 bits per heavy atom. The molecule has 0 aliphatic heterocycles. The molecule has 2 rings (SSSR count). The van der Waals surface area contributed by atoms with Crippen molar-refractivity contribution in [3.63, 3.8) is 0 Å². The van der Waals surface area contributed by atoms with Crippen LogP contribution in [0.5, 0.6) is 0 Å². The molecule has 0 atom stereocenters. The fourth-order valence-corrected chi connectivity index (χ4v) is 1.59. The largest absolute Gasteiger partial charge is 0.411 e. The van der Waals surface area contributed by atoms with E-state index in [9.17, 15) is 0 Å². The van der Waals surface area contributed by atoms with Gasteiger partial charge in [0.2, 0.25) is 0 Å². The molecule has 0 aliphatic carbocycles. The van der Waals surface area contributed by atoms with Crippen molar-refractivity contribution in [3.05, 3.63) is 36.3 Å². The first-order valence-corrected chi connectivity index (χ1v) is 5.64. The molecule has 2 aromatic rings. The monoisotopic (exact) mass is 245 g/mol. The van der Waals surface area contributed by atoms with Crippen LogP contribution in [0.2, 0.25) is 0 Å². The predicted octanol–water partition coefficient (Wildman–Crippen LogP) is 1.90. The number of nitrogens with one attached hydrogen (secondary N) is 1. The van der Waals surface area contributed by atoms with Gasteiger partial charge < -0.3 is 10.5 Å². The van der Waals surface area contributed by atoms with Crippen LogP contribution in [-0.2, 0) is 0 Å². The van der Waals surface area contributed by atoms with Crippen molar-refractivity contribution >= 4 is 11.9 Å². The summed E-state index contributed by atoms with van der Waals surface area (Å²) < 4.78 is 1.67. The molecule has 0 aliphatic rings. The average Bonchev–Trinajstić information content (AvgIpc) is 2.84. The van der Waals surface area contributed by atoms with Crippen LogP contribution < -0.4 is 5.32 Å². The molecule has 0 saturated heterocycles. The molecule has 6 heteroatoms. The third-order valence-corrected chi connectivity index (χ3v) is 2.30. The van der Waals surface area contributed by atoms with E-state index in [0.717, 1.165) is 11.3 Å².